The monoisotopic (exact) mass is 407 g/mol. The van der Waals surface area contributed by atoms with E-state index in [0.717, 1.165) is 39.4 Å². The van der Waals surface area contributed by atoms with Crippen molar-refractivity contribution in [2.45, 2.75) is 32.6 Å². The van der Waals surface area contributed by atoms with Crippen LogP contribution in [0.1, 0.15) is 41.7 Å². The number of methoxy groups -OCH3 is 1. The molecule has 3 aromatic rings. The van der Waals surface area contributed by atoms with Crippen molar-refractivity contribution in [3.05, 3.63) is 63.8 Å². The Morgan fingerprint density at radius 3 is 2.69 bits per heavy atom. The van der Waals surface area contributed by atoms with Crippen LogP contribution in [0.25, 0.3) is 11.1 Å². The number of para-hydroxylation sites is 1. The Morgan fingerprint density at radius 1 is 1.17 bits per heavy atom. The van der Waals surface area contributed by atoms with Crippen molar-refractivity contribution in [2.24, 2.45) is 0 Å². The summed E-state index contributed by atoms with van der Waals surface area (Å²) in [6.07, 6.45) is 1.31. The molecule has 1 atom stereocenters. The Balaban J connectivity index is 1.81. The molecule has 0 saturated heterocycles. The molecule has 2 heterocycles. The Labute approximate surface area is 175 Å². The van der Waals surface area contributed by atoms with E-state index in [1.54, 1.807) is 18.4 Å². The van der Waals surface area contributed by atoms with Crippen LogP contribution in [0.4, 0.5) is 5.69 Å². The summed E-state index contributed by atoms with van der Waals surface area (Å²) in [5.41, 5.74) is 5.33. The van der Waals surface area contributed by atoms with Crippen LogP contribution >= 0.6 is 11.3 Å². The summed E-state index contributed by atoms with van der Waals surface area (Å²) in [6, 6.07) is 14.3. The molecule has 1 aliphatic rings. The third kappa shape index (κ3) is 3.75. The highest BCUT2D eigenvalue weighted by Gasteiger charge is 2.33. The molecule has 0 aliphatic carbocycles. The van der Waals surface area contributed by atoms with Crippen molar-refractivity contribution in [2.75, 3.05) is 19.0 Å². The van der Waals surface area contributed by atoms with Crippen molar-refractivity contribution in [3.63, 3.8) is 0 Å². The molecule has 2 aromatic carbocycles. The van der Waals surface area contributed by atoms with E-state index in [4.69, 9.17) is 9.47 Å². The van der Waals surface area contributed by atoms with Crippen molar-refractivity contribution in [1.29, 1.82) is 0 Å². The van der Waals surface area contributed by atoms with Gasteiger partial charge in [-0.05, 0) is 25.0 Å². The first-order valence-corrected chi connectivity index (χ1v) is 10.8. The minimum atomic E-state index is -0.0510. The highest BCUT2D eigenvalue weighted by Crippen LogP contribution is 2.49. The molecule has 150 valence electrons. The smallest absolute Gasteiger partial charge is 0.225 e. The summed E-state index contributed by atoms with van der Waals surface area (Å²) in [6.45, 7) is 4.76. The number of hydrogen-bond acceptors (Lipinski definition) is 4. The highest BCUT2D eigenvalue weighted by atomic mass is 32.1. The average molecular weight is 408 g/mol. The van der Waals surface area contributed by atoms with E-state index >= 15 is 0 Å². The molecule has 4 nitrogen and oxygen atoms in total. The number of carbonyl (C=O) groups is 1. The number of benzene rings is 2. The summed E-state index contributed by atoms with van der Waals surface area (Å²) in [7, 11) is 1.65. The van der Waals surface area contributed by atoms with Crippen LogP contribution in [0, 0.1) is 6.92 Å². The minimum absolute atomic E-state index is 0.0264. The van der Waals surface area contributed by atoms with Crippen LogP contribution in [0.3, 0.4) is 0 Å². The minimum Gasteiger partial charge on any atom is -0.493 e. The molecule has 29 heavy (non-hydrogen) atoms. The lowest BCUT2D eigenvalue weighted by atomic mass is 9.88. The van der Waals surface area contributed by atoms with Gasteiger partial charge in [-0.25, -0.2) is 0 Å². The second kappa shape index (κ2) is 8.29. The predicted octanol–water partition coefficient (Wildman–Crippen LogP) is 6.00. The fraction of sp³-hybridized carbons (Fsp3) is 0.292. The van der Waals surface area contributed by atoms with Crippen molar-refractivity contribution in [3.8, 4) is 22.6 Å². The van der Waals surface area contributed by atoms with Crippen LogP contribution in [0.15, 0.2) is 47.8 Å². The van der Waals surface area contributed by atoms with Crippen LogP contribution in [-0.4, -0.2) is 19.6 Å². The van der Waals surface area contributed by atoms with E-state index in [9.17, 15) is 4.79 Å². The lowest BCUT2D eigenvalue weighted by molar-refractivity contribution is -0.116. The number of hydrogen-bond donors (Lipinski definition) is 1. The first-order chi connectivity index (χ1) is 14.1. The van der Waals surface area contributed by atoms with Gasteiger partial charge in [-0.3, -0.25) is 4.79 Å². The number of anilines is 1. The molecule has 1 amide bonds. The molecule has 4 rings (SSSR count). The number of carbonyl (C=O) groups excluding carboxylic acids is 1. The molecule has 0 fully saturated rings. The zero-order valence-corrected chi connectivity index (χ0v) is 17.8. The largest absolute Gasteiger partial charge is 0.493 e. The van der Waals surface area contributed by atoms with E-state index in [0.29, 0.717) is 18.8 Å². The molecule has 0 bridgehead atoms. The maximum atomic E-state index is 12.6. The van der Waals surface area contributed by atoms with Gasteiger partial charge in [0.05, 0.1) is 19.4 Å². The molecular weight excluding hydrogens is 382 g/mol. The lowest BCUT2D eigenvalue weighted by Crippen LogP contribution is -2.23. The first-order valence-electron chi connectivity index (χ1n) is 9.90. The van der Waals surface area contributed by atoms with Crippen LogP contribution < -0.4 is 14.8 Å². The SMILES string of the molecule is CCCOc1c(OC)cccc1[C@H]1CC(=O)Nc2c(-c3ccc(C)cc3)csc21. The Bertz CT molecular complexity index is 1020. The molecule has 0 unspecified atom stereocenters. The number of fused-ring (bicyclic) bond motifs is 1. The average Bonchev–Trinajstić information content (AvgIpc) is 3.15. The van der Waals surface area contributed by atoms with Gasteiger partial charge in [0.2, 0.25) is 5.91 Å². The van der Waals surface area contributed by atoms with Crippen LogP contribution in [-0.2, 0) is 4.79 Å². The van der Waals surface area contributed by atoms with E-state index in [-0.39, 0.29) is 11.8 Å². The molecule has 1 N–H and O–H groups in total. The van der Waals surface area contributed by atoms with Gasteiger partial charge in [-0.2, -0.15) is 0 Å². The second-order valence-electron chi connectivity index (χ2n) is 7.29. The summed E-state index contributed by atoms with van der Waals surface area (Å²) < 4.78 is 11.6. The third-order valence-electron chi connectivity index (χ3n) is 5.21. The number of amides is 1. The van der Waals surface area contributed by atoms with Crippen molar-refractivity contribution >= 4 is 22.9 Å². The Hall–Kier alpha value is -2.79. The lowest BCUT2D eigenvalue weighted by Gasteiger charge is -2.26. The third-order valence-corrected chi connectivity index (χ3v) is 6.30. The fourth-order valence-electron chi connectivity index (χ4n) is 3.75. The number of rotatable bonds is 6. The number of nitrogens with one attached hydrogen (secondary N) is 1. The quantitative estimate of drug-likeness (QED) is 0.545. The molecule has 1 aliphatic heterocycles. The molecule has 0 spiro atoms. The summed E-state index contributed by atoms with van der Waals surface area (Å²) in [5, 5.41) is 5.25. The maximum absolute atomic E-state index is 12.6. The Kier molecular flexibility index (Phi) is 5.58. The molecule has 5 heteroatoms. The Morgan fingerprint density at radius 2 is 1.97 bits per heavy atom. The molecule has 0 saturated carbocycles. The van der Waals surface area contributed by atoms with Gasteiger partial charge >= 0.3 is 0 Å². The van der Waals surface area contributed by atoms with E-state index in [1.165, 1.54) is 5.56 Å². The van der Waals surface area contributed by atoms with E-state index < -0.39 is 0 Å². The maximum Gasteiger partial charge on any atom is 0.225 e. The first kappa shape index (κ1) is 19.5. The van der Waals surface area contributed by atoms with Crippen LogP contribution in [0.2, 0.25) is 0 Å². The van der Waals surface area contributed by atoms with E-state index in [1.807, 2.05) is 18.2 Å². The molecule has 0 radical (unpaired) electrons. The summed E-state index contributed by atoms with van der Waals surface area (Å²) in [4.78, 5) is 13.8. The van der Waals surface area contributed by atoms with Gasteiger partial charge < -0.3 is 14.8 Å². The fourth-order valence-corrected chi connectivity index (χ4v) is 4.90. The second-order valence-corrected chi connectivity index (χ2v) is 8.20. The molecule has 1 aromatic heterocycles. The summed E-state index contributed by atoms with van der Waals surface area (Å²) in [5.74, 6) is 1.43. The van der Waals surface area contributed by atoms with Gasteiger partial charge in [-0.15, -0.1) is 11.3 Å². The van der Waals surface area contributed by atoms with Crippen molar-refractivity contribution < 1.29 is 14.3 Å². The predicted molar refractivity (Wildman–Crippen MR) is 118 cm³/mol. The normalized spacial score (nSPS) is 15.6. The van der Waals surface area contributed by atoms with Crippen LogP contribution in [0.5, 0.6) is 11.5 Å². The van der Waals surface area contributed by atoms with Gasteiger partial charge in [-0.1, -0.05) is 48.9 Å². The number of ether oxygens (including phenoxy) is 2. The van der Waals surface area contributed by atoms with Gasteiger partial charge in [0.1, 0.15) is 0 Å². The highest BCUT2D eigenvalue weighted by molar-refractivity contribution is 7.11. The van der Waals surface area contributed by atoms with E-state index in [2.05, 4.69) is 48.8 Å². The van der Waals surface area contributed by atoms with Crippen molar-refractivity contribution in [1.82, 2.24) is 0 Å². The van der Waals surface area contributed by atoms with Gasteiger partial charge in [0.25, 0.3) is 0 Å². The number of aryl methyl sites for hydroxylation is 1. The van der Waals surface area contributed by atoms with Gasteiger partial charge in [0.15, 0.2) is 11.5 Å². The standard InChI is InChI=1S/C24H25NO3S/c1-4-12-28-23-17(6-5-7-20(23)27-3)18-13-21(26)25-22-19(14-29-24(18)22)16-10-8-15(2)9-11-16/h5-11,14,18H,4,12-13H2,1-3H3,(H,25,26)/t18-/m1/s1. The van der Waals surface area contributed by atoms with Gasteiger partial charge in [0, 0.05) is 33.7 Å². The zero-order chi connectivity index (χ0) is 20.4. The zero-order valence-electron chi connectivity index (χ0n) is 17.0. The molecular formula is C24H25NO3S. The summed E-state index contributed by atoms with van der Waals surface area (Å²) >= 11 is 1.69. The topological polar surface area (TPSA) is 47.6 Å². The number of thiophene rings is 1.